The van der Waals surface area contributed by atoms with Gasteiger partial charge in [0.2, 0.25) is 0 Å². The minimum Gasteiger partial charge on any atom is -0.323 e. The Morgan fingerprint density at radius 2 is 1.72 bits per heavy atom. The highest BCUT2D eigenvalue weighted by atomic mass is 32.2. The Labute approximate surface area is 116 Å². The number of thioether (sulfide) groups is 1. The van der Waals surface area contributed by atoms with Gasteiger partial charge >= 0.3 is 0 Å². The topological polar surface area (TPSA) is 26.0 Å². The van der Waals surface area contributed by atoms with Crippen LogP contribution in [0, 0.1) is 13.8 Å². The number of hydrogen-bond acceptors (Lipinski definition) is 2. The lowest BCUT2D eigenvalue weighted by Gasteiger charge is -2.23. The summed E-state index contributed by atoms with van der Waals surface area (Å²) in [5.41, 5.74) is 10.3. The van der Waals surface area contributed by atoms with Gasteiger partial charge in [-0.15, -0.1) is 0 Å². The highest BCUT2D eigenvalue weighted by Gasteiger charge is 2.16. The lowest BCUT2D eigenvalue weighted by Crippen LogP contribution is -2.17. The highest BCUT2D eigenvalue weighted by Crippen LogP contribution is 2.30. The summed E-state index contributed by atoms with van der Waals surface area (Å²) in [6.45, 7) is 4.30. The maximum Gasteiger partial charge on any atom is 0.0387 e. The van der Waals surface area contributed by atoms with Gasteiger partial charge in [0.15, 0.2) is 0 Å². The van der Waals surface area contributed by atoms with Gasteiger partial charge < -0.3 is 5.73 Å². The number of aryl methyl sites for hydroxylation is 2. The summed E-state index contributed by atoms with van der Waals surface area (Å²) in [5, 5.41) is 0.857. The SMILES string of the molecule is Cc1cc(C)cc(C(N)CSC2CCCCC2)c1. The predicted molar refractivity (Wildman–Crippen MR) is 82.2 cm³/mol. The molecule has 1 fully saturated rings. The number of rotatable bonds is 4. The smallest absolute Gasteiger partial charge is 0.0387 e. The van der Waals surface area contributed by atoms with E-state index in [9.17, 15) is 0 Å². The molecular weight excluding hydrogens is 238 g/mol. The van der Waals surface area contributed by atoms with Gasteiger partial charge in [0.25, 0.3) is 0 Å². The molecule has 0 heterocycles. The van der Waals surface area contributed by atoms with E-state index in [-0.39, 0.29) is 6.04 Å². The van der Waals surface area contributed by atoms with Crippen molar-refractivity contribution in [2.24, 2.45) is 5.73 Å². The average Bonchev–Trinajstić information content (AvgIpc) is 2.36. The van der Waals surface area contributed by atoms with Gasteiger partial charge in [-0.3, -0.25) is 0 Å². The van der Waals surface area contributed by atoms with Gasteiger partial charge in [0, 0.05) is 17.0 Å². The zero-order valence-electron chi connectivity index (χ0n) is 11.6. The summed E-state index contributed by atoms with van der Waals surface area (Å²) in [5.74, 6) is 1.06. The van der Waals surface area contributed by atoms with Crippen LogP contribution in [0.15, 0.2) is 18.2 Å². The third-order valence-corrected chi connectivity index (χ3v) is 5.23. The maximum absolute atomic E-state index is 6.33. The van der Waals surface area contributed by atoms with Crippen molar-refractivity contribution in [1.29, 1.82) is 0 Å². The molecule has 1 nitrogen and oxygen atoms in total. The third kappa shape index (κ3) is 4.03. The maximum atomic E-state index is 6.33. The first-order chi connectivity index (χ1) is 8.65. The van der Waals surface area contributed by atoms with Crippen LogP contribution in [0.2, 0.25) is 0 Å². The molecule has 0 aromatic heterocycles. The van der Waals surface area contributed by atoms with Crippen molar-refractivity contribution in [3.05, 3.63) is 34.9 Å². The van der Waals surface area contributed by atoms with E-state index in [1.54, 1.807) is 0 Å². The molecule has 1 aliphatic rings. The molecule has 100 valence electrons. The Bertz CT molecular complexity index is 362. The van der Waals surface area contributed by atoms with E-state index in [0.29, 0.717) is 0 Å². The third-order valence-electron chi connectivity index (χ3n) is 3.74. The molecule has 1 aliphatic carbocycles. The molecule has 0 bridgehead atoms. The highest BCUT2D eigenvalue weighted by molar-refractivity contribution is 7.99. The van der Waals surface area contributed by atoms with Gasteiger partial charge in [-0.1, -0.05) is 48.6 Å². The van der Waals surface area contributed by atoms with Crippen molar-refractivity contribution in [2.75, 3.05) is 5.75 Å². The van der Waals surface area contributed by atoms with Crippen molar-refractivity contribution in [1.82, 2.24) is 0 Å². The molecule has 0 aliphatic heterocycles. The Morgan fingerprint density at radius 3 is 2.33 bits per heavy atom. The molecule has 0 saturated heterocycles. The monoisotopic (exact) mass is 263 g/mol. The quantitative estimate of drug-likeness (QED) is 0.873. The van der Waals surface area contributed by atoms with Crippen LogP contribution in [-0.4, -0.2) is 11.0 Å². The van der Waals surface area contributed by atoms with Crippen LogP contribution < -0.4 is 5.73 Å². The molecule has 18 heavy (non-hydrogen) atoms. The Hall–Kier alpha value is -0.470. The first kappa shape index (κ1) is 14.0. The molecule has 2 N–H and O–H groups in total. The largest absolute Gasteiger partial charge is 0.323 e. The van der Waals surface area contributed by atoms with Gasteiger partial charge in [-0.2, -0.15) is 11.8 Å². The van der Waals surface area contributed by atoms with E-state index >= 15 is 0 Å². The fourth-order valence-electron chi connectivity index (χ4n) is 2.79. The molecule has 1 aromatic carbocycles. The van der Waals surface area contributed by atoms with Gasteiger partial charge in [0.05, 0.1) is 0 Å². The van der Waals surface area contributed by atoms with Gasteiger partial charge in [-0.05, 0) is 32.3 Å². The van der Waals surface area contributed by atoms with E-state index in [0.717, 1.165) is 11.0 Å². The van der Waals surface area contributed by atoms with Crippen molar-refractivity contribution >= 4 is 11.8 Å². The van der Waals surface area contributed by atoms with Crippen LogP contribution in [-0.2, 0) is 0 Å². The van der Waals surface area contributed by atoms with Crippen LogP contribution in [0.1, 0.15) is 54.8 Å². The average molecular weight is 263 g/mol. The fourth-order valence-corrected chi connectivity index (χ4v) is 4.13. The zero-order chi connectivity index (χ0) is 13.0. The molecule has 2 heteroatoms. The molecule has 1 aromatic rings. The molecule has 1 atom stereocenters. The molecule has 1 saturated carbocycles. The molecule has 2 rings (SSSR count). The van der Waals surface area contributed by atoms with Crippen LogP contribution in [0.5, 0.6) is 0 Å². The minimum atomic E-state index is 0.190. The van der Waals surface area contributed by atoms with Gasteiger partial charge in [-0.25, -0.2) is 0 Å². The van der Waals surface area contributed by atoms with Crippen molar-refractivity contribution in [3.63, 3.8) is 0 Å². The fraction of sp³-hybridized carbons (Fsp3) is 0.625. The summed E-state index contributed by atoms with van der Waals surface area (Å²) >= 11 is 2.09. The number of nitrogens with two attached hydrogens (primary N) is 1. The van der Waals surface area contributed by atoms with Crippen molar-refractivity contribution in [2.45, 2.75) is 57.2 Å². The normalized spacial score (nSPS) is 18.8. The summed E-state index contributed by atoms with van der Waals surface area (Å²) in [6.07, 6.45) is 7.04. The van der Waals surface area contributed by atoms with Crippen LogP contribution in [0.4, 0.5) is 0 Å². The van der Waals surface area contributed by atoms with E-state index in [2.05, 4.69) is 43.8 Å². The Kier molecular flexibility index (Phi) is 5.13. The number of benzene rings is 1. The second-order valence-corrected chi connectivity index (χ2v) is 6.95. The Balaban J connectivity index is 1.88. The first-order valence-corrected chi connectivity index (χ1v) is 8.15. The molecule has 0 amide bonds. The van der Waals surface area contributed by atoms with Crippen molar-refractivity contribution in [3.8, 4) is 0 Å². The minimum absolute atomic E-state index is 0.190. The standard InChI is InChI=1S/C16H25NS/c1-12-8-13(2)10-14(9-12)16(17)11-18-15-6-4-3-5-7-15/h8-10,15-16H,3-7,11,17H2,1-2H3. The molecule has 0 spiro atoms. The lowest BCUT2D eigenvalue weighted by atomic mass is 10.0. The summed E-state index contributed by atoms with van der Waals surface area (Å²) in [4.78, 5) is 0. The van der Waals surface area contributed by atoms with E-state index < -0.39 is 0 Å². The predicted octanol–water partition coefficient (Wildman–Crippen LogP) is 4.37. The van der Waals surface area contributed by atoms with Crippen LogP contribution >= 0.6 is 11.8 Å². The van der Waals surface area contributed by atoms with E-state index in [4.69, 9.17) is 5.73 Å². The summed E-state index contributed by atoms with van der Waals surface area (Å²) < 4.78 is 0. The van der Waals surface area contributed by atoms with Crippen LogP contribution in [0.25, 0.3) is 0 Å². The summed E-state index contributed by atoms with van der Waals surface area (Å²) in [7, 11) is 0. The number of hydrogen-bond donors (Lipinski definition) is 1. The van der Waals surface area contributed by atoms with E-state index in [1.165, 1.54) is 48.8 Å². The molecular formula is C16H25NS. The second kappa shape index (κ2) is 6.63. The molecule has 0 radical (unpaired) electrons. The zero-order valence-corrected chi connectivity index (χ0v) is 12.4. The first-order valence-electron chi connectivity index (χ1n) is 7.10. The van der Waals surface area contributed by atoms with E-state index in [1.807, 2.05) is 0 Å². The lowest BCUT2D eigenvalue weighted by molar-refractivity contribution is 0.515. The van der Waals surface area contributed by atoms with Gasteiger partial charge in [0.1, 0.15) is 0 Å². The molecule has 1 unspecified atom stereocenters. The second-order valence-electron chi connectivity index (χ2n) is 5.62. The van der Waals surface area contributed by atoms with Crippen molar-refractivity contribution < 1.29 is 0 Å². The van der Waals surface area contributed by atoms with Crippen LogP contribution in [0.3, 0.4) is 0 Å². The Morgan fingerprint density at radius 1 is 1.11 bits per heavy atom. The summed E-state index contributed by atoms with van der Waals surface area (Å²) in [6, 6.07) is 6.87.